The van der Waals surface area contributed by atoms with Gasteiger partial charge in [-0.15, -0.1) is 0 Å². The first-order chi connectivity index (χ1) is 18.4. The van der Waals surface area contributed by atoms with Gasteiger partial charge in [-0.25, -0.2) is 0 Å². The molecule has 0 bridgehead atoms. The Bertz CT molecular complexity index is 1770. The van der Waals surface area contributed by atoms with E-state index in [1.54, 1.807) is 0 Å². The summed E-state index contributed by atoms with van der Waals surface area (Å²) in [4.78, 5) is 0. The average molecular weight is 426 g/mol. The second kappa shape index (κ2) is 8.07. The number of hydrogen-bond acceptors (Lipinski definition) is 0. The van der Waals surface area contributed by atoms with Crippen molar-refractivity contribution in [2.45, 2.75) is 6.92 Å². The third-order valence-electron chi connectivity index (χ3n) is 6.23. The zero-order valence-corrected chi connectivity index (χ0v) is 18.2. The summed E-state index contributed by atoms with van der Waals surface area (Å²) < 4.78 is 40.7. The molecular formula is C33H24. The fourth-order valence-electron chi connectivity index (χ4n) is 4.67. The van der Waals surface area contributed by atoms with Gasteiger partial charge >= 0.3 is 0 Å². The molecule has 0 fully saturated rings. The fourth-order valence-corrected chi connectivity index (χ4v) is 4.67. The molecule has 6 aromatic rings. The van der Waals surface area contributed by atoms with Crippen molar-refractivity contribution in [3.63, 3.8) is 0 Å². The molecule has 0 N–H and O–H groups in total. The fraction of sp³-hybridized carbons (Fsp3) is 0.0303. The van der Waals surface area contributed by atoms with E-state index in [1.165, 1.54) is 27.5 Å². The van der Waals surface area contributed by atoms with Crippen LogP contribution in [-0.4, -0.2) is 0 Å². The molecule has 0 saturated carbocycles. The topological polar surface area (TPSA) is 0 Å². The van der Waals surface area contributed by atoms with Crippen LogP contribution in [0.15, 0.2) is 127 Å². The van der Waals surface area contributed by atoms with Gasteiger partial charge in [0.2, 0.25) is 0 Å². The number of aryl methyl sites for hydroxylation is 1. The first-order valence-corrected chi connectivity index (χ1v) is 11.0. The van der Waals surface area contributed by atoms with Crippen molar-refractivity contribution in [1.29, 1.82) is 0 Å². The van der Waals surface area contributed by atoms with Gasteiger partial charge in [0.15, 0.2) is 0 Å². The third kappa shape index (κ3) is 3.41. The highest BCUT2D eigenvalue weighted by atomic mass is 14.2. The molecule has 0 aliphatic heterocycles. The van der Waals surface area contributed by atoms with Crippen LogP contribution in [0.3, 0.4) is 0 Å². The molecule has 0 spiro atoms. The summed E-state index contributed by atoms with van der Waals surface area (Å²) in [5, 5.41) is 4.61. The Balaban J connectivity index is 1.60. The van der Waals surface area contributed by atoms with Gasteiger partial charge in [-0.05, 0) is 61.8 Å². The van der Waals surface area contributed by atoms with E-state index in [1.807, 2.05) is 24.3 Å². The smallest absolute Gasteiger partial charge is 0.0622 e. The molecule has 0 amide bonds. The summed E-state index contributed by atoms with van der Waals surface area (Å²) >= 11 is 0. The molecule has 0 aromatic heterocycles. The lowest BCUT2D eigenvalue weighted by atomic mass is 9.85. The lowest BCUT2D eigenvalue weighted by molar-refractivity contribution is 1.47. The molecule has 6 rings (SSSR count). The van der Waals surface area contributed by atoms with Crippen molar-refractivity contribution in [3.05, 3.63) is 133 Å². The van der Waals surface area contributed by atoms with Crippen LogP contribution >= 0.6 is 0 Å². The van der Waals surface area contributed by atoms with Crippen molar-refractivity contribution in [2.75, 3.05) is 0 Å². The van der Waals surface area contributed by atoms with Gasteiger partial charge in [-0.2, -0.15) is 0 Å². The molecule has 6 aromatic carbocycles. The highest BCUT2D eigenvalue weighted by molar-refractivity contribution is 6.21. The molecule has 0 aliphatic rings. The summed E-state index contributed by atoms with van der Waals surface area (Å²) in [6, 6.07) is 31.8. The highest BCUT2D eigenvalue weighted by Gasteiger charge is 2.16. The largest absolute Gasteiger partial charge is 0.0629 e. The minimum absolute atomic E-state index is 0.192. The quantitative estimate of drug-likeness (QED) is 0.248. The summed E-state index contributed by atoms with van der Waals surface area (Å²) in [6.45, 7) is 2.09. The Morgan fingerprint density at radius 1 is 0.424 bits per heavy atom. The van der Waals surface area contributed by atoms with Crippen LogP contribution in [0.4, 0.5) is 0 Å². The second-order valence-electron chi connectivity index (χ2n) is 8.28. The molecule has 0 saturated heterocycles. The lowest BCUT2D eigenvalue weighted by Gasteiger charge is -2.18. The molecule has 33 heavy (non-hydrogen) atoms. The van der Waals surface area contributed by atoms with E-state index < -0.39 is 0 Å². The first-order valence-electron chi connectivity index (χ1n) is 13.5. The molecule has 0 unspecified atom stereocenters. The monoisotopic (exact) mass is 425 g/mol. The molecule has 0 nitrogen and oxygen atoms in total. The summed E-state index contributed by atoms with van der Waals surface area (Å²) in [6.07, 6.45) is 0. The Morgan fingerprint density at radius 3 is 1.27 bits per heavy atom. The van der Waals surface area contributed by atoms with Crippen molar-refractivity contribution in [3.8, 4) is 33.4 Å². The zero-order valence-electron chi connectivity index (χ0n) is 23.2. The van der Waals surface area contributed by atoms with Gasteiger partial charge in [0.1, 0.15) is 0 Å². The standard InChI is InChI=1S/C33H24/c1-23-15-17-26(18-16-23)32-28-11-5-7-13-30(28)33(31-14-8-6-12-29(31)32)27-21-19-25(20-22-27)24-9-3-2-4-10-24/h2-22H,1H3/i2D,3D,4D,9D,10D. The maximum absolute atomic E-state index is 8.35. The maximum atomic E-state index is 8.35. The predicted molar refractivity (Wildman–Crippen MR) is 142 cm³/mol. The first kappa shape index (κ1) is 14.8. The van der Waals surface area contributed by atoms with Crippen LogP contribution in [0.1, 0.15) is 12.4 Å². The van der Waals surface area contributed by atoms with E-state index in [9.17, 15) is 0 Å². The Hall–Kier alpha value is -4.16. The second-order valence-corrected chi connectivity index (χ2v) is 8.28. The molecule has 0 aliphatic carbocycles. The Labute approximate surface area is 201 Å². The molecule has 0 heterocycles. The zero-order chi connectivity index (χ0) is 26.6. The molecule has 0 atom stereocenters. The molecule has 0 heteroatoms. The van der Waals surface area contributed by atoms with Gasteiger partial charge in [0, 0.05) is 0 Å². The number of benzene rings is 6. The van der Waals surface area contributed by atoms with Gasteiger partial charge in [0.25, 0.3) is 0 Å². The Morgan fingerprint density at radius 2 is 0.818 bits per heavy atom. The van der Waals surface area contributed by atoms with Crippen molar-refractivity contribution >= 4 is 21.5 Å². The number of rotatable bonds is 3. The summed E-state index contributed by atoms with van der Waals surface area (Å²) in [7, 11) is 0. The lowest BCUT2D eigenvalue weighted by Crippen LogP contribution is -1.91. The van der Waals surface area contributed by atoms with Crippen LogP contribution in [0, 0.1) is 6.92 Å². The molecular weight excluding hydrogens is 396 g/mol. The van der Waals surface area contributed by atoms with Crippen molar-refractivity contribution in [1.82, 2.24) is 0 Å². The predicted octanol–water partition coefficient (Wildman–Crippen LogP) is 9.30. The summed E-state index contributed by atoms with van der Waals surface area (Å²) in [5.74, 6) is 0. The normalized spacial score (nSPS) is 13.3. The van der Waals surface area contributed by atoms with Crippen LogP contribution in [0.2, 0.25) is 0 Å². The van der Waals surface area contributed by atoms with Gasteiger partial charge in [-0.3, -0.25) is 0 Å². The van der Waals surface area contributed by atoms with Gasteiger partial charge in [0.05, 0.1) is 6.85 Å². The third-order valence-corrected chi connectivity index (χ3v) is 6.23. The van der Waals surface area contributed by atoms with E-state index in [2.05, 4.69) is 79.7 Å². The highest BCUT2D eigenvalue weighted by Crippen LogP contribution is 2.43. The van der Waals surface area contributed by atoms with E-state index in [-0.39, 0.29) is 35.8 Å². The van der Waals surface area contributed by atoms with E-state index in [0.717, 1.165) is 21.9 Å². The van der Waals surface area contributed by atoms with Crippen LogP contribution in [-0.2, 0) is 0 Å². The van der Waals surface area contributed by atoms with Gasteiger partial charge < -0.3 is 0 Å². The SMILES string of the molecule is [2H]c1c([2H])c([2H])c(-c2ccc(-c3c4ccccc4c(-c4ccc(C)cc4)c4ccccc34)cc2)c([2H])c1[2H]. The van der Waals surface area contributed by atoms with Crippen molar-refractivity contribution in [2.24, 2.45) is 0 Å². The van der Waals surface area contributed by atoms with Crippen LogP contribution in [0.5, 0.6) is 0 Å². The van der Waals surface area contributed by atoms with Crippen LogP contribution < -0.4 is 0 Å². The molecule has 156 valence electrons. The Kier molecular flexibility index (Phi) is 3.63. The average Bonchev–Trinajstić information content (AvgIpc) is 2.95. The summed E-state index contributed by atoms with van der Waals surface area (Å²) in [5.41, 5.74) is 6.52. The van der Waals surface area contributed by atoms with Crippen LogP contribution in [0.25, 0.3) is 54.9 Å². The minimum atomic E-state index is -0.382. The number of fused-ring (bicyclic) bond motifs is 2. The number of hydrogen-bond donors (Lipinski definition) is 0. The van der Waals surface area contributed by atoms with E-state index in [4.69, 9.17) is 6.85 Å². The van der Waals surface area contributed by atoms with E-state index in [0.29, 0.717) is 5.56 Å². The minimum Gasteiger partial charge on any atom is -0.0622 e. The molecule has 0 radical (unpaired) electrons. The maximum Gasteiger partial charge on any atom is 0.0629 e. The van der Waals surface area contributed by atoms with Crippen molar-refractivity contribution < 1.29 is 6.85 Å². The van der Waals surface area contributed by atoms with Gasteiger partial charge in [-0.1, -0.05) is 133 Å². The van der Waals surface area contributed by atoms with E-state index >= 15 is 0 Å².